The topological polar surface area (TPSA) is 102 Å². The van der Waals surface area contributed by atoms with Crippen molar-refractivity contribution in [2.75, 3.05) is 26.6 Å². The largest absolute Gasteiger partial charge is 0.497 e. The summed E-state index contributed by atoms with van der Waals surface area (Å²) in [5.74, 6) is 3.03. The van der Waals surface area contributed by atoms with Crippen LogP contribution in [0.4, 0.5) is 10.6 Å². The maximum atomic E-state index is 13.7. The number of benzene rings is 3. The van der Waals surface area contributed by atoms with Gasteiger partial charge in [0.15, 0.2) is 11.7 Å². The Morgan fingerprint density at radius 2 is 1.35 bits per heavy atom. The SMILES string of the molecule is COc1ccc(CN2C(=O)NC3(c4ccc(OC)cc4)c4ncn(Cc5ccc(OC)cc5)c4NC=NC23)cc1. The van der Waals surface area contributed by atoms with Crippen molar-refractivity contribution in [3.63, 3.8) is 0 Å². The second-order valence-electron chi connectivity index (χ2n) is 9.66. The molecule has 2 atom stereocenters. The van der Waals surface area contributed by atoms with Gasteiger partial charge in [0.1, 0.15) is 28.8 Å². The van der Waals surface area contributed by atoms with Gasteiger partial charge in [-0.3, -0.25) is 4.90 Å². The molecule has 10 heteroatoms. The number of nitrogens with one attached hydrogen (secondary N) is 2. The highest BCUT2D eigenvalue weighted by atomic mass is 16.5. The number of imidazole rings is 1. The third-order valence-corrected chi connectivity index (χ3v) is 7.45. The molecule has 2 aliphatic rings. The first-order valence-corrected chi connectivity index (χ1v) is 12.9. The number of hydrogen-bond donors (Lipinski definition) is 2. The second-order valence-corrected chi connectivity index (χ2v) is 9.66. The predicted molar refractivity (Wildman–Crippen MR) is 151 cm³/mol. The van der Waals surface area contributed by atoms with Gasteiger partial charge in [0.25, 0.3) is 0 Å². The third kappa shape index (κ3) is 4.27. The molecule has 2 amide bonds. The van der Waals surface area contributed by atoms with E-state index in [2.05, 4.69) is 10.6 Å². The van der Waals surface area contributed by atoms with Crippen LogP contribution in [0.3, 0.4) is 0 Å². The summed E-state index contributed by atoms with van der Waals surface area (Å²) < 4.78 is 18.0. The number of amides is 2. The summed E-state index contributed by atoms with van der Waals surface area (Å²) >= 11 is 0. The van der Waals surface area contributed by atoms with Crippen LogP contribution in [0.25, 0.3) is 0 Å². The smallest absolute Gasteiger partial charge is 0.320 e. The first-order chi connectivity index (χ1) is 19.5. The van der Waals surface area contributed by atoms with Crippen molar-refractivity contribution in [1.29, 1.82) is 0 Å². The molecule has 6 rings (SSSR count). The van der Waals surface area contributed by atoms with Gasteiger partial charge in [-0.15, -0.1) is 0 Å². The number of urea groups is 1. The van der Waals surface area contributed by atoms with E-state index in [4.69, 9.17) is 24.2 Å². The molecule has 1 aromatic heterocycles. The molecule has 204 valence electrons. The Bertz CT molecular complexity index is 1530. The average Bonchev–Trinajstić information content (AvgIpc) is 3.46. The molecule has 0 radical (unpaired) electrons. The Morgan fingerprint density at radius 3 is 1.93 bits per heavy atom. The number of ether oxygens (including phenoxy) is 3. The average molecular weight is 539 g/mol. The summed E-state index contributed by atoms with van der Waals surface area (Å²) in [7, 11) is 4.91. The van der Waals surface area contributed by atoms with Crippen LogP contribution in [0.2, 0.25) is 0 Å². The minimum Gasteiger partial charge on any atom is -0.497 e. The Balaban J connectivity index is 1.43. The maximum absolute atomic E-state index is 13.7. The van der Waals surface area contributed by atoms with Crippen LogP contribution >= 0.6 is 0 Å². The third-order valence-electron chi connectivity index (χ3n) is 7.45. The minimum absolute atomic E-state index is 0.230. The number of aromatic nitrogens is 2. The number of methoxy groups -OCH3 is 3. The van der Waals surface area contributed by atoms with Crippen molar-refractivity contribution in [3.8, 4) is 17.2 Å². The van der Waals surface area contributed by atoms with Crippen molar-refractivity contribution >= 4 is 18.2 Å². The summed E-state index contributed by atoms with van der Waals surface area (Å²) in [6, 6.07) is 23.0. The van der Waals surface area contributed by atoms with Gasteiger partial charge in [0, 0.05) is 6.54 Å². The van der Waals surface area contributed by atoms with Crippen LogP contribution in [0.15, 0.2) is 84.1 Å². The Hall–Kier alpha value is -4.99. The molecule has 0 bridgehead atoms. The highest BCUT2D eigenvalue weighted by molar-refractivity contribution is 5.85. The van der Waals surface area contributed by atoms with E-state index < -0.39 is 11.7 Å². The van der Waals surface area contributed by atoms with Gasteiger partial charge in [0.2, 0.25) is 0 Å². The van der Waals surface area contributed by atoms with Gasteiger partial charge in [0.05, 0.1) is 40.5 Å². The van der Waals surface area contributed by atoms with Crippen LogP contribution in [0.1, 0.15) is 22.4 Å². The van der Waals surface area contributed by atoms with E-state index in [9.17, 15) is 4.79 Å². The maximum Gasteiger partial charge on any atom is 0.320 e. The molecule has 2 unspecified atom stereocenters. The zero-order chi connectivity index (χ0) is 27.7. The predicted octanol–water partition coefficient (Wildman–Crippen LogP) is 4.21. The summed E-state index contributed by atoms with van der Waals surface area (Å²) in [6.45, 7) is 0.928. The van der Waals surface area contributed by atoms with E-state index in [1.165, 1.54) is 0 Å². The number of hydrogen-bond acceptors (Lipinski definition) is 7. The highest BCUT2D eigenvalue weighted by Gasteiger charge is 2.57. The van der Waals surface area contributed by atoms with Crippen LogP contribution in [0.5, 0.6) is 17.2 Å². The van der Waals surface area contributed by atoms with E-state index in [1.54, 1.807) is 38.9 Å². The summed E-state index contributed by atoms with van der Waals surface area (Å²) in [4.78, 5) is 25.2. The molecule has 0 saturated carbocycles. The lowest BCUT2D eigenvalue weighted by atomic mass is 9.84. The second kappa shape index (κ2) is 10.3. The lowest BCUT2D eigenvalue weighted by molar-refractivity contribution is 0.195. The van der Waals surface area contributed by atoms with Gasteiger partial charge < -0.3 is 29.4 Å². The molecule has 4 aromatic rings. The minimum atomic E-state index is -1.05. The number of carbonyl (C=O) groups excluding carboxylic acids is 1. The molecule has 10 nitrogen and oxygen atoms in total. The number of aliphatic imine (C=N–C) groups is 1. The van der Waals surface area contributed by atoms with Crippen LogP contribution in [-0.4, -0.2) is 54.3 Å². The lowest BCUT2D eigenvalue weighted by Gasteiger charge is -2.33. The van der Waals surface area contributed by atoms with Crippen LogP contribution in [0, 0.1) is 0 Å². The monoisotopic (exact) mass is 538 g/mol. The zero-order valence-electron chi connectivity index (χ0n) is 22.5. The number of fused-ring (bicyclic) bond motifs is 3. The van der Waals surface area contributed by atoms with Gasteiger partial charge in [-0.05, 0) is 53.1 Å². The fraction of sp³-hybridized carbons (Fsp3) is 0.233. The molecule has 1 saturated heterocycles. The molecule has 1 fully saturated rings. The molecule has 0 spiro atoms. The first-order valence-electron chi connectivity index (χ1n) is 12.9. The summed E-state index contributed by atoms with van der Waals surface area (Å²) in [5.41, 5.74) is 2.52. The fourth-order valence-corrected chi connectivity index (χ4v) is 5.36. The molecular weight excluding hydrogens is 508 g/mol. The van der Waals surface area contributed by atoms with Gasteiger partial charge in [-0.2, -0.15) is 0 Å². The van der Waals surface area contributed by atoms with Gasteiger partial charge >= 0.3 is 6.03 Å². The Kier molecular flexibility index (Phi) is 6.51. The molecule has 3 aromatic carbocycles. The molecular formula is C30H30N6O4. The van der Waals surface area contributed by atoms with Crippen molar-refractivity contribution in [1.82, 2.24) is 19.8 Å². The van der Waals surface area contributed by atoms with Gasteiger partial charge in [-0.25, -0.2) is 14.8 Å². The van der Waals surface area contributed by atoms with E-state index in [0.29, 0.717) is 18.8 Å². The van der Waals surface area contributed by atoms with Gasteiger partial charge in [-0.1, -0.05) is 36.4 Å². The Labute approximate surface area is 232 Å². The van der Waals surface area contributed by atoms with E-state index >= 15 is 0 Å². The Morgan fingerprint density at radius 1 is 0.800 bits per heavy atom. The fourth-order valence-electron chi connectivity index (χ4n) is 5.36. The number of nitrogens with zero attached hydrogens (tertiary/aromatic N) is 4. The lowest BCUT2D eigenvalue weighted by Crippen LogP contribution is -2.47. The molecule has 2 aliphatic heterocycles. The van der Waals surface area contributed by atoms with Crippen LogP contribution < -0.4 is 24.8 Å². The normalized spacial score (nSPS) is 19.2. The van der Waals surface area contributed by atoms with Crippen molar-refractivity contribution < 1.29 is 19.0 Å². The summed E-state index contributed by atoms with van der Waals surface area (Å²) in [6.07, 6.45) is 2.85. The first kappa shape index (κ1) is 25.3. The van der Waals surface area contributed by atoms with Crippen molar-refractivity contribution in [2.24, 2.45) is 4.99 Å². The zero-order valence-corrected chi connectivity index (χ0v) is 22.5. The molecule has 3 heterocycles. The van der Waals surface area contributed by atoms with Crippen molar-refractivity contribution in [2.45, 2.75) is 24.8 Å². The quantitative estimate of drug-likeness (QED) is 0.349. The standard InChI is InChI=1S/C30H30N6O4/c1-38-23-10-4-20(5-11-23)16-35-19-33-26-27(35)31-18-32-28-30(26,22-8-14-25(40-3)15-9-22)34-29(37)36(28)17-21-6-12-24(39-2)13-7-21/h4-15,18-19,28H,16-17H2,1-3H3,(H,31,32)(H,34,37). The number of anilines is 1. The number of carbonyl (C=O) groups is 1. The highest BCUT2D eigenvalue weighted by Crippen LogP contribution is 2.45. The van der Waals surface area contributed by atoms with E-state index in [-0.39, 0.29) is 6.03 Å². The molecule has 0 aliphatic carbocycles. The van der Waals surface area contributed by atoms with E-state index in [1.807, 2.05) is 77.4 Å². The molecule has 40 heavy (non-hydrogen) atoms. The van der Waals surface area contributed by atoms with Crippen molar-refractivity contribution in [3.05, 3.63) is 102 Å². The van der Waals surface area contributed by atoms with Crippen LogP contribution in [-0.2, 0) is 18.6 Å². The number of rotatable bonds is 8. The summed E-state index contributed by atoms with van der Waals surface area (Å²) in [5, 5.41) is 6.62. The van der Waals surface area contributed by atoms with E-state index in [0.717, 1.165) is 39.8 Å². The molecule has 2 N–H and O–H groups in total.